The summed E-state index contributed by atoms with van der Waals surface area (Å²) in [6, 6.07) is 16.4. The highest BCUT2D eigenvalue weighted by Gasteiger charge is 2.24. The number of nitrogens with one attached hydrogen (secondary N) is 1. The molecule has 1 saturated heterocycles. The predicted octanol–water partition coefficient (Wildman–Crippen LogP) is 4.74. The Hall–Kier alpha value is -2.33. The van der Waals surface area contributed by atoms with Gasteiger partial charge in [0.15, 0.2) is 0 Å². The van der Waals surface area contributed by atoms with Gasteiger partial charge in [0.1, 0.15) is 5.75 Å². The summed E-state index contributed by atoms with van der Waals surface area (Å²) < 4.78 is 5.74. The van der Waals surface area contributed by atoms with E-state index in [4.69, 9.17) is 4.74 Å². The number of hydrogen-bond donors (Lipinski definition) is 1. The van der Waals surface area contributed by atoms with Gasteiger partial charge in [0.2, 0.25) is 0 Å². The van der Waals surface area contributed by atoms with Crippen LogP contribution in [0.5, 0.6) is 5.75 Å². The minimum absolute atomic E-state index is 0.0442. The zero-order valence-electron chi connectivity index (χ0n) is 17.1. The maximum atomic E-state index is 12.7. The largest absolute Gasteiger partial charge is 0.494 e. The van der Waals surface area contributed by atoms with Gasteiger partial charge < -0.3 is 10.1 Å². The number of nitrogens with zero attached hydrogens (tertiary/aromatic N) is 1. The third-order valence-corrected chi connectivity index (χ3v) is 5.36. The average molecular weight is 381 g/mol. The molecule has 0 spiro atoms. The maximum absolute atomic E-state index is 12.7. The summed E-state index contributed by atoms with van der Waals surface area (Å²) in [4.78, 5) is 15.2. The molecule has 1 heterocycles. The van der Waals surface area contributed by atoms with Crippen molar-refractivity contribution in [2.24, 2.45) is 0 Å². The van der Waals surface area contributed by atoms with Gasteiger partial charge in [-0.3, -0.25) is 9.69 Å². The fraction of sp³-hybridized carbons (Fsp3) is 0.458. The summed E-state index contributed by atoms with van der Waals surface area (Å²) in [5.74, 6) is 0.716. The second-order valence-electron chi connectivity index (χ2n) is 7.61. The molecule has 4 heteroatoms. The highest BCUT2D eigenvalue weighted by atomic mass is 16.5. The van der Waals surface area contributed by atoms with Crippen LogP contribution in [0.3, 0.4) is 0 Å². The fourth-order valence-electron chi connectivity index (χ4n) is 3.65. The van der Waals surface area contributed by atoms with Crippen molar-refractivity contribution in [3.05, 3.63) is 65.2 Å². The van der Waals surface area contributed by atoms with Gasteiger partial charge in [0.25, 0.3) is 5.91 Å². The summed E-state index contributed by atoms with van der Waals surface area (Å²) in [5.41, 5.74) is 3.18. The number of rotatable bonds is 9. The molecule has 3 rings (SSSR count). The van der Waals surface area contributed by atoms with Gasteiger partial charge in [-0.05, 0) is 63.0 Å². The third-order valence-electron chi connectivity index (χ3n) is 5.36. The molecule has 2 aromatic carbocycles. The van der Waals surface area contributed by atoms with Crippen LogP contribution in [0.25, 0.3) is 0 Å². The number of likely N-dealkylation sites (tertiary alicyclic amines) is 1. The van der Waals surface area contributed by atoms with E-state index in [2.05, 4.69) is 48.3 Å². The van der Waals surface area contributed by atoms with Crippen LogP contribution in [0.2, 0.25) is 0 Å². The Kier molecular flexibility index (Phi) is 7.49. The lowest BCUT2D eigenvalue weighted by molar-refractivity contribution is 0.0937. The number of unbranched alkanes of at least 4 members (excludes halogenated alkanes) is 1. The Morgan fingerprint density at radius 2 is 1.89 bits per heavy atom. The number of ether oxygens (including phenoxy) is 1. The monoisotopic (exact) mass is 380 g/mol. The van der Waals surface area contributed by atoms with Crippen LogP contribution >= 0.6 is 0 Å². The molecule has 28 heavy (non-hydrogen) atoms. The Balaban J connectivity index is 1.64. The first-order valence-electron chi connectivity index (χ1n) is 10.5. The molecule has 0 aliphatic carbocycles. The molecular weight excluding hydrogens is 348 g/mol. The molecule has 1 N–H and O–H groups in total. The van der Waals surface area contributed by atoms with Gasteiger partial charge in [-0.25, -0.2) is 0 Å². The minimum atomic E-state index is -0.0442. The molecule has 0 bridgehead atoms. The normalized spacial score (nSPS) is 15.4. The molecule has 0 radical (unpaired) electrons. The lowest BCUT2D eigenvalue weighted by atomic mass is 10.0. The molecule has 0 aromatic heterocycles. The van der Waals surface area contributed by atoms with Crippen molar-refractivity contribution in [1.82, 2.24) is 10.2 Å². The summed E-state index contributed by atoms with van der Waals surface area (Å²) in [6.07, 6.45) is 4.57. The molecular formula is C24H32N2O2. The van der Waals surface area contributed by atoms with Crippen molar-refractivity contribution in [2.45, 2.75) is 45.6 Å². The number of amides is 1. The van der Waals surface area contributed by atoms with Crippen molar-refractivity contribution >= 4 is 5.91 Å². The predicted molar refractivity (Wildman–Crippen MR) is 114 cm³/mol. The van der Waals surface area contributed by atoms with Crippen LogP contribution in [0, 0.1) is 6.92 Å². The number of aryl methyl sites for hydroxylation is 1. The zero-order valence-corrected chi connectivity index (χ0v) is 17.1. The van der Waals surface area contributed by atoms with E-state index in [1.807, 2.05) is 24.3 Å². The third kappa shape index (κ3) is 5.59. The SMILES string of the molecule is CCCCOc1cccc(C(=O)NC[C@H](c2ccc(C)cc2)N2CCCC2)c1. The first-order valence-corrected chi connectivity index (χ1v) is 10.5. The van der Waals surface area contributed by atoms with E-state index in [1.54, 1.807) is 0 Å². The Bertz CT molecular complexity index is 751. The number of carbonyl (C=O) groups is 1. The molecule has 0 saturated carbocycles. The second-order valence-corrected chi connectivity index (χ2v) is 7.61. The van der Waals surface area contributed by atoms with Crippen LogP contribution in [0.15, 0.2) is 48.5 Å². The van der Waals surface area contributed by atoms with Crippen molar-refractivity contribution in [2.75, 3.05) is 26.2 Å². The van der Waals surface area contributed by atoms with Crippen molar-refractivity contribution in [3.63, 3.8) is 0 Å². The molecule has 150 valence electrons. The quantitative estimate of drug-likeness (QED) is 0.639. The van der Waals surface area contributed by atoms with Crippen molar-refractivity contribution in [3.8, 4) is 5.75 Å². The Morgan fingerprint density at radius 1 is 1.14 bits per heavy atom. The smallest absolute Gasteiger partial charge is 0.251 e. The number of benzene rings is 2. The van der Waals surface area contributed by atoms with E-state index in [0.29, 0.717) is 18.7 Å². The zero-order chi connectivity index (χ0) is 19.8. The van der Waals surface area contributed by atoms with E-state index in [0.717, 1.165) is 31.7 Å². The highest BCUT2D eigenvalue weighted by Crippen LogP contribution is 2.25. The molecule has 2 aromatic rings. The summed E-state index contributed by atoms with van der Waals surface area (Å²) in [6.45, 7) is 7.73. The van der Waals surface area contributed by atoms with Gasteiger partial charge in [0.05, 0.1) is 12.6 Å². The standard InChI is InChI=1S/C24H32N2O2/c1-3-4-16-28-22-9-7-8-21(17-22)24(27)25-18-23(26-14-5-6-15-26)20-12-10-19(2)11-13-20/h7-13,17,23H,3-6,14-16,18H2,1-2H3,(H,25,27)/t23-/m1/s1. The van der Waals surface area contributed by atoms with E-state index in [9.17, 15) is 4.79 Å². The molecule has 1 atom stereocenters. The first kappa shape index (κ1) is 20.4. The van der Waals surface area contributed by atoms with Crippen molar-refractivity contribution in [1.29, 1.82) is 0 Å². The number of carbonyl (C=O) groups excluding carboxylic acids is 1. The first-order chi connectivity index (χ1) is 13.7. The van der Waals surface area contributed by atoms with Crippen LogP contribution in [0.1, 0.15) is 60.1 Å². The van der Waals surface area contributed by atoms with Crippen LogP contribution in [-0.2, 0) is 0 Å². The van der Waals surface area contributed by atoms with E-state index in [-0.39, 0.29) is 11.9 Å². The van der Waals surface area contributed by atoms with Crippen LogP contribution in [0.4, 0.5) is 0 Å². The molecule has 1 fully saturated rings. The van der Waals surface area contributed by atoms with E-state index >= 15 is 0 Å². The fourth-order valence-corrected chi connectivity index (χ4v) is 3.65. The summed E-state index contributed by atoms with van der Waals surface area (Å²) in [5, 5.41) is 3.15. The number of hydrogen-bond acceptors (Lipinski definition) is 3. The topological polar surface area (TPSA) is 41.6 Å². The summed E-state index contributed by atoms with van der Waals surface area (Å²) >= 11 is 0. The van der Waals surface area contributed by atoms with Gasteiger partial charge in [-0.15, -0.1) is 0 Å². The van der Waals surface area contributed by atoms with Crippen molar-refractivity contribution < 1.29 is 9.53 Å². The molecule has 4 nitrogen and oxygen atoms in total. The lowest BCUT2D eigenvalue weighted by Gasteiger charge is -2.28. The molecule has 1 aliphatic heterocycles. The van der Waals surface area contributed by atoms with E-state index in [1.165, 1.54) is 24.0 Å². The molecule has 1 amide bonds. The average Bonchev–Trinajstić information content (AvgIpc) is 3.24. The minimum Gasteiger partial charge on any atom is -0.494 e. The molecule has 0 unspecified atom stereocenters. The maximum Gasteiger partial charge on any atom is 0.251 e. The van der Waals surface area contributed by atoms with Crippen LogP contribution < -0.4 is 10.1 Å². The molecule has 1 aliphatic rings. The Labute approximate surface area is 168 Å². The van der Waals surface area contributed by atoms with Gasteiger partial charge in [-0.2, -0.15) is 0 Å². The van der Waals surface area contributed by atoms with Gasteiger partial charge in [0, 0.05) is 12.1 Å². The van der Waals surface area contributed by atoms with Crippen LogP contribution in [-0.4, -0.2) is 37.0 Å². The second kappa shape index (κ2) is 10.3. The Morgan fingerprint density at radius 3 is 2.61 bits per heavy atom. The van der Waals surface area contributed by atoms with Gasteiger partial charge in [-0.1, -0.05) is 49.2 Å². The summed E-state index contributed by atoms with van der Waals surface area (Å²) in [7, 11) is 0. The lowest BCUT2D eigenvalue weighted by Crippen LogP contribution is -2.36. The van der Waals surface area contributed by atoms with E-state index < -0.39 is 0 Å². The van der Waals surface area contributed by atoms with Gasteiger partial charge >= 0.3 is 0 Å². The highest BCUT2D eigenvalue weighted by molar-refractivity contribution is 5.94.